The molecule has 4 aliphatic carbocycles. The van der Waals surface area contributed by atoms with Crippen molar-refractivity contribution in [1.29, 1.82) is 0 Å². The highest BCUT2D eigenvalue weighted by Crippen LogP contribution is 2.67. The maximum absolute atomic E-state index is 12.9. The number of hydrogen-bond acceptors (Lipinski definition) is 4. The van der Waals surface area contributed by atoms with Crippen LogP contribution in [0.15, 0.2) is 0 Å². The lowest BCUT2D eigenvalue weighted by Crippen LogP contribution is -2.63. The van der Waals surface area contributed by atoms with Crippen LogP contribution in [0.25, 0.3) is 0 Å². The topological polar surface area (TPSA) is 83.5 Å². The lowest BCUT2D eigenvalue weighted by molar-refractivity contribution is -0.204. The number of carbonyl (C=O) groups is 1. The second kappa shape index (κ2) is 5.45. The van der Waals surface area contributed by atoms with Gasteiger partial charge < -0.3 is 10.4 Å². The van der Waals surface area contributed by atoms with E-state index in [1.165, 1.54) is 0 Å². The number of nitrogens with one attached hydrogen (secondary N) is 1. The van der Waals surface area contributed by atoms with Gasteiger partial charge in [0.2, 0.25) is 5.91 Å². The van der Waals surface area contributed by atoms with Crippen molar-refractivity contribution in [3.63, 3.8) is 0 Å². The minimum atomic E-state index is -3.06. The second-order valence-corrected chi connectivity index (χ2v) is 10.8. The Bertz CT molecular complexity index is 604. The molecule has 6 heteroatoms. The zero-order valence-corrected chi connectivity index (χ0v) is 15.0. The summed E-state index contributed by atoms with van der Waals surface area (Å²) in [5.41, 5.74) is -1.08. The van der Waals surface area contributed by atoms with E-state index in [1.54, 1.807) is 6.92 Å². The molecule has 23 heavy (non-hydrogen) atoms. The molecule has 2 N–H and O–H groups in total. The Kier molecular flexibility index (Phi) is 4.08. The summed E-state index contributed by atoms with van der Waals surface area (Å²) < 4.78 is 23.2. The fourth-order valence-electron chi connectivity index (χ4n) is 5.88. The van der Waals surface area contributed by atoms with E-state index in [9.17, 15) is 18.3 Å². The predicted octanol–water partition coefficient (Wildman–Crippen LogP) is 1.65. The van der Waals surface area contributed by atoms with Crippen molar-refractivity contribution in [3.05, 3.63) is 0 Å². The third-order valence-corrected chi connectivity index (χ3v) is 8.23. The monoisotopic (exact) mass is 343 g/mol. The average Bonchev–Trinajstić information content (AvgIpc) is 2.44. The van der Waals surface area contributed by atoms with E-state index in [0.29, 0.717) is 12.3 Å². The van der Waals surface area contributed by atoms with Crippen molar-refractivity contribution in [2.75, 3.05) is 18.1 Å². The molecule has 0 saturated heterocycles. The molecule has 0 aromatic heterocycles. The van der Waals surface area contributed by atoms with Gasteiger partial charge in [0.1, 0.15) is 0 Å². The molecule has 4 rings (SSSR count). The Morgan fingerprint density at radius 1 is 1.17 bits per heavy atom. The fraction of sp³-hybridized carbons (Fsp3) is 0.941. The minimum Gasteiger partial charge on any atom is -0.390 e. The molecule has 4 saturated carbocycles. The van der Waals surface area contributed by atoms with Crippen LogP contribution in [0.1, 0.15) is 58.8 Å². The molecule has 4 bridgehead atoms. The van der Waals surface area contributed by atoms with Crippen LogP contribution in [0.4, 0.5) is 0 Å². The first-order chi connectivity index (χ1) is 10.7. The summed E-state index contributed by atoms with van der Waals surface area (Å²) in [4.78, 5) is 12.9. The summed E-state index contributed by atoms with van der Waals surface area (Å²) >= 11 is 0. The molecule has 0 aliphatic heterocycles. The molecular weight excluding hydrogens is 314 g/mol. The van der Waals surface area contributed by atoms with Crippen LogP contribution < -0.4 is 5.32 Å². The Morgan fingerprint density at radius 2 is 1.91 bits per heavy atom. The van der Waals surface area contributed by atoms with E-state index in [0.717, 1.165) is 38.5 Å². The number of rotatable bonds is 6. The predicted molar refractivity (Wildman–Crippen MR) is 88.6 cm³/mol. The third kappa shape index (κ3) is 3.04. The van der Waals surface area contributed by atoms with Crippen LogP contribution in [-0.4, -0.2) is 43.1 Å². The van der Waals surface area contributed by atoms with Gasteiger partial charge in [0, 0.05) is 12.3 Å². The molecule has 132 valence electrons. The van der Waals surface area contributed by atoms with Gasteiger partial charge in [-0.3, -0.25) is 4.79 Å². The van der Waals surface area contributed by atoms with Crippen molar-refractivity contribution in [2.24, 2.45) is 16.7 Å². The van der Waals surface area contributed by atoms with Crippen molar-refractivity contribution in [3.8, 4) is 0 Å². The zero-order chi connectivity index (χ0) is 16.9. The van der Waals surface area contributed by atoms with E-state index in [1.807, 2.05) is 0 Å². The van der Waals surface area contributed by atoms with Crippen molar-refractivity contribution in [2.45, 2.75) is 64.4 Å². The van der Waals surface area contributed by atoms with Crippen LogP contribution in [-0.2, 0) is 14.6 Å². The SMILES string of the molecule is CC[C@@]12C[C@H]3C[C@@](O)(C1)C[C@](C(=O)NCCS(=O)(=O)CC)(C3)C2. The van der Waals surface area contributed by atoms with Gasteiger partial charge in [0.15, 0.2) is 9.84 Å². The highest BCUT2D eigenvalue weighted by Gasteiger charge is 2.64. The Labute approximate surface area is 139 Å². The molecule has 0 aromatic carbocycles. The lowest BCUT2D eigenvalue weighted by Gasteiger charge is -2.64. The van der Waals surface area contributed by atoms with Crippen LogP contribution >= 0.6 is 0 Å². The largest absolute Gasteiger partial charge is 0.390 e. The van der Waals surface area contributed by atoms with Gasteiger partial charge >= 0.3 is 0 Å². The summed E-state index contributed by atoms with van der Waals surface area (Å²) in [5.74, 6) is 0.498. The first kappa shape index (κ1) is 17.2. The standard InChI is InChI=1S/C17H29NO4S/c1-3-15-7-13-8-16(10-15,12-17(20,9-13)11-15)14(19)18-5-6-23(21,22)4-2/h13,20H,3-12H2,1-2H3,(H,18,19)/t13-,15+,16+,17-/m1/s1. The summed E-state index contributed by atoms with van der Waals surface area (Å²) in [6.07, 6.45) is 6.03. The van der Waals surface area contributed by atoms with Crippen LogP contribution in [0, 0.1) is 16.7 Å². The normalized spacial score (nSPS) is 42.0. The van der Waals surface area contributed by atoms with Gasteiger partial charge in [-0.05, 0) is 49.9 Å². The van der Waals surface area contributed by atoms with Crippen LogP contribution in [0.3, 0.4) is 0 Å². The molecule has 5 nitrogen and oxygen atoms in total. The van der Waals surface area contributed by atoms with Crippen molar-refractivity contribution >= 4 is 15.7 Å². The van der Waals surface area contributed by atoms with Gasteiger partial charge in [-0.1, -0.05) is 20.3 Å². The second-order valence-electron chi connectivity index (χ2n) is 8.36. The molecule has 4 fully saturated rings. The van der Waals surface area contributed by atoms with Crippen molar-refractivity contribution in [1.82, 2.24) is 5.32 Å². The zero-order valence-electron chi connectivity index (χ0n) is 14.2. The molecule has 0 heterocycles. The summed E-state index contributed by atoms with van der Waals surface area (Å²) in [6, 6.07) is 0. The maximum atomic E-state index is 12.9. The summed E-state index contributed by atoms with van der Waals surface area (Å²) in [7, 11) is -3.06. The van der Waals surface area contributed by atoms with E-state index in [2.05, 4.69) is 12.2 Å². The van der Waals surface area contributed by atoms with E-state index < -0.39 is 20.9 Å². The third-order valence-electron chi connectivity index (χ3n) is 6.52. The first-order valence-electron chi connectivity index (χ1n) is 8.87. The summed E-state index contributed by atoms with van der Waals surface area (Å²) in [5, 5.41) is 13.8. The first-order valence-corrected chi connectivity index (χ1v) is 10.7. The smallest absolute Gasteiger partial charge is 0.226 e. The van der Waals surface area contributed by atoms with E-state index >= 15 is 0 Å². The quantitative estimate of drug-likeness (QED) is 0.768. The average molecular weight is 343 g/mol. The van der Waals surface area contributed by atoms with Gasteiger partial charge in [-0.15, -0.1) is 0 Å². The minimum absolute atomic E-state index is 0.00205. The van der Waals surface area contributed by atoms with Gasteiger partial charge in [-0.25, -0.2) is 8.42 Å². The molecule has 1 amide bonds. The van der Waals surface area contributed by atoms with Gasteiger partial charge in [0.25, 0.3) is 0 Å². The molecule has 4 aliphatic rings. The molecule has 0 unspecified atom stereocenters. The molecule has 0 aromatic rings. The Morgan fingerprint density at radius 3 is 2.52 bits per heavy atom. The number of amides is 1. The Hall–Kier alpha value is -0.620. The van der Waals surface area contributed by atoms with Crippen molar-refractivity contribution < 1.29 is 18.3 Å². The maximum Gasteiger partial charge on any atom is 0.226 e. The molecule has 0 radical (unpaired) electrons. The number of sulfone groups is 1. The van der Waals surface area contributed by atoms with Gasteiger partial charge in [-0.2, -0.15) is 0 Å². The van der Waals surface area contributed by atoms with E-state index in [-0.39, 0.29) is 29.4 Å². The van der Waals surface area contributed by atoms with Gasteiger partial charge in [0.05, 0.1) is 16.8 Å². The van der Waals surface area contributed by atoms with Crippen LogP contribution in [0.5, 0.6) is 0 Å². The van der Waals surface area contributed by atoms with Crippen LogP contribution in [0.2, 0.25) is 0 Å². The fourth-order valence-corrected chi connectivity index (χ4v) is 6.59. The Balaban J connectivity index is 1.73. The highest BCUT2D eigenvalue weighted by atomic mass is 32.2. The molecule has 4 atom stereocenters. The molecular formula is C17H29NO4S. The number of aliphatic hydroxyl groups is 1. The summed E-state index contributed by atoms with van der Waals surface area (Å²) in [6.45, 7) is 3.96. The number of carbonyl (C=O) groups excluding carboxylic acids is 1. The number of hydrogen-bond donors (Lipinski definition) is 2. The molecule has 0 spiro atoms. The lowest BCUT2D eigenvalue weighted by atomic mass is 9.42. The van der Waals surface area contributed by atoms with E-state index in [4.69, 9.17) is 0 Å². The highest BCUT2D eigenvalue weighted by molar-refractivity contribution is 7.91.